The zero-order valence-corrected chi connectivity index (χ0v) is 13.9. The number of carbonyl (C=O) groups excluding carboxylic acids is 1. The number of rotatable bonds is 3. The van der Waals surface area contributed by atoms with Crippen LogP contribution in [0.5, 0.6) is 11.5 Å². The lowest BCUT2D eigenvalue weighted by Gasteiger charge is -2.22. The van der Waals surface area contributed by atoms with Gasteiger partial charge in [0.25, 0.3) is 5.91 Å². The number of aromatic hydroxyl groups is 1. The molecule has 0 spiro atoms. The Hall–Kier alpha value is -3.28. The van der Waals surface area contributed by atoms with Gasteiger partial charge in [0, 0.05) is 18.2 Å². The topological polar surface area (TPSA) is 78.5 Å². The number of hydrogen-bond donors (Lipinski definition) is 2. The van der Waals surface area contributed by atoms with Gasteiger partial charge in [-0.15, -0.1) is 0 Å². The molecule has 0 saturated carbocycles. The average Bonchev–Trinajstić information content (AvgIpc) is 3.15. The molecule has 126 valence electrons. The lowest BCUT2D eigenvalue weighted by atomic mass is 9.96. The third-order valence-electron chi connectivity index (χ3n) is 4.57. The van der Waals surface area contributed by atoms with Crippen molar-refractivity contribution in [2.45, 2.75) is 6.04 Å². The number of phenols is 1. The molecule has 0 aliphatic carbocycles. The first-order valence-corrected chi connectivity index (χ1v) is 7.89. The van der Waals surface area contributed by atoms with Crippen molar-refractivity contribution in [2.75, 3.05) is 14.2 Å². The van der Waals surface area contributed by atoms with E-state index in [2.05, 4.69) is 10.2 Å². The molecule has 2 aromatic carbocycles. The molecular weight excluding hydrogens is 318 g/mol. The van der Waals surface area contributed by atoms with Crippen molar-refractivity contribution in [1.29, 1.82) is 0 Å². The number of amides is 1. The smallest absolute Gasteiger partial charge is 0.272 e. The predicted molar refractivity (Wildman–Crippen MR) is 92.6 cm³/mol. The van der Waals surface area contributed by atoms with Crippen LogP contribution in [0.4, 0.5) is 0 Å². The van der Waals surface area contributed by atoms with Gasteiger partial charge >= 0.3 is 0 Å². The Bertz CT molecular complexity index is 964. The van der Waals surface area contributed by atoms with Gasteiger partial charge in [-0.2, -0.15) is 5.10 Å². The quantitative estimate of drug-likeness (QED) is 0.771. The van der Waals surface area contributed by atoms with Crippen LogP contribution < -0.4 is 4.74 Å². The van der Waals surface area contributed by atoms with Gasteiger partial charge in [0.05, 0.1) is 13.2 Å². The van der Waals surface area contributed by atoms with Crippen molar-refractivity contribution in [2.24, 2.45) is 0 Å². The first-order chi connectivity index (χ1) is 12.1. The molecule has 1 amide bonds. The number of methoxy groups -OCH3 is 1. The highest BCUT2D eigenvalue weighted by molar-refractivity contribution is 6.00. The normalized spacial score (nSPS) is 16.2. The molecule has 0 bridgehead atoms. The number of nitrogens with zero attached hydrogens (tertiary/aromatic N) is 2. The maximum absolute atomic E-state index is 12.6. The zero-order valence-electron chi connectivity index (χ0n) is 13.9. The van der Waals surface area contributed by atoms with Gasteiger partial charge in [-0.1, -0.05) is 24.3 Å². The van der Waals surface area contributed by atoms with E-state index < -0.39 is 0 Å². The molecule has 2 heterocycles. The van der Waals surface area contributed by atoms with Crippen molar-refractivity contribution >= 4 is 5.91 Å². The van der Waals surface area contributed by atoms with Crippen molar-refractivity contribution in [3.63, 3.8) is 0 Å². The summed E-state index contributed by atoms with van der Waals surface area (Å²) < 4.78 is 5.31. The van der Waals surface area contributed by atoms with Crippen LogP contribution >= 0.6 is 0 Å². The van der Waals surface area contributed by atoms with Crippen LogP contribution in [0.25, 0.3) is 11.3 Å². The lowest BCUT2D eigenvalue weighted by Crippen LogP contribution is -2.24. The Labute approximate surface area is 144 Å². The third kappa shape index (κ3) is 2.26. The molecule has 0 unspecified atom stereocenters. The molecule has 6 nitrogen and oxygen atoms in total. The van der Waals surface area contributed by atoms with E-state index in [1.807, 2.05) is 30.3 Å². The van der Waals surface area contributed by atoms with Crippen LogP contribution in [0.2, 0.25) is 0 Å². The lowest BCUT2D eigenvalue weighted by molar-refractivity contribution is 0.0787. The van der Waals surface area contributed by atoms with Crippen LogP contribution in [0.1, 0.15) is 27.7 Å². The number of H-pyrrole nitrogens is 1. The summed E-state index contributed by atoms with van der Waals surface area (Å²) in [7, 11) is 3.37. The summed E-state index contributed by atoms with van der Waals surface area (Å²) >= 11 is 0. The number of aromatic nitrogens is 2. The predicted octanol–water partition coefficient (Wildman–Crippen LogP) is 2.97. The van der Waals surface area contributed by atoms with Crippen molar-refractivity contribution < 1.29 is 14.6 Å². The molecular formula is C19H17N3O3. The number of benzene rings is 2. The molecule has 6 heteroatoms. The fourth-order valence-corrected chi connectivity index (χ4v) is 3.35. The van der Waals surface area contributed by atoms with Gasteiger partial charge in [-0.3, -0.25) is 9.89 Å². The second kappa shape index (κ2) is 5.66. The molecule has 3 aromatic rings. The Morgan fingerprint density at radius 2 is 2.00 bits per heavy atom. The van der Waals surface area contributed by atoms with Crippen molar-refractivity contribution in [3.05, 3.63) is 65.4 Å². The summed E-state index contributed by atoms with van der Waals surface area (Å²) in [6.07, 6.45) is 0. The van der Waals surface area contributed by atoms with E-state index in [9.17, 15) is 9.90 Å². The molecule has 1 aromatic heterocycles. The fourth-order valence-electron chi connectivity index (χ4n) is 3.35. The van der Waals surface area contributed by atoms with E-state index in [-0.39, 0.29) is 17.7 Å². The van der Waals surface area contributed by atoms with E-state index in [4.69, 9.17) is 4.74 Å². The SMILES string of the molecule is COc1cccc([C@@H]2c3c(-c4ccccc4O)n[nH]c3C(=O)N2C)c1. The monoisotopic (exact) mass is 335 g/mol. The molecule has 0 saturated heterocycles. The average molecular weight is 335 g/mol. The molecule has 1 aliphatic rings. The molecule has 1 atom stereocenters. The Kier molecular flexibility index (Phi) is 3.46. The number of nitrogens with one attached hydrogen (secondary N) is 1. The van der Waals surface area contributed by atoms with E-state index in [1.165, 1.54) is 0 Å². The van der Waals surface area contributed by atoms with Gasteiger partial charge in [0.2, 0.25) is 0 Å². The Balaban J connectivity index is 1.91. The first kappa shape index (κ1) is 15.3. The fraction of sp³-hybridized carbons (Fsp3) is 0.158. The minimum Gasteiger partial charge on any atom is -0.507 e. The number of aromatic amines is 1. The largest absolute Gasteiger partial charge is 0.507 e. The standard InChI is InChI=1S/C19H17N3O3/c1-22-18(11-6-5-7-12(10-11)25-2)15-16(20-21-17(15)19(22)24)13-8-3-4-9-14(13)23/h3-10,18,23H,1-2H3,(H,20,21)/t18-/m1/s1. The van der Waals surface area contributed by atoms with Crippen LogP contribution in [-0.4, -0.2) is 40.3 Å². The number of carbonyl (C=O) groups is 1. The highest BCUT2D eigenvalue weighted by Gasteiger charge is 2.40. The molecule has 0 fully saturated rings. The molecule has 25 heavy (non-hydrogen) atoms. The molecule has 0 radical (unpaired) electrons. The minimum absolute atomic E-state index is 0.128. The minimum atomic E-state index is -0.300. The molecule has 4 rings (SSSR count). The summed E-state index contributed by atoms with van der Waals surface area (Å²) in [5, 5.41) is 17.4. The first-order valence-electron chi connectivity index (χ1n) is 7.89. The van der Waals surface area contributed by atoms with Gasteiger partial charge in [-0.25, -0.2) is 0 Å². The van der Waals surface area contributed by atoms with E-state index in [0.717, 1.165) is 16.9 Å². The molecule has 1 aliphatic heterocycles. The van der Waals surface area contributed by atoms with E-state index in [1.54, 1.807) is 37.3 Å². The van der Waals surface area contributed by atoms with Gasteiger partial charge in [0.1, 0.15) is 22.9 Å². The van der Waals surface area contributed by atoms with Crippen LogP contribution in [0.15, 0.2) is 48.5 Å². The van der Waals surface area contributed by atoms with Gasteiger partial charge in [-0.05, 0) is 29.8 Å². The highest BCUT2D eigenvalue weighted by atomic mass is 16.5. The number of hydrogen-bond acceptors (Lipinski definition) is 4. The maximum atomic E-state index is 12.6. The summed E-state index contributed by atoms with van der Waals surface area (Å²) in [6, 6.07) is 14.3. The summed E-state index contributed by atoms with van der Waals surface area (Å²) in [5.41, 5.74) is 3.32. The van der Waals surface area contributed by atoms with Gasteiger partial charge in [0.15, 0.2) is 0 Å². The highest BCUT2D eigenvalue weighted by Crippen LogP contribution is 2.43. The van der Waals surface area contributed by atoms with E-state index >= 15 is 0 Å². The Morgan fingerprint density at radius 3 is 2.76 bits per heavy atom. The maximum Gasteiger partial charge on any atom is 0.272 e. The van der Waals surface area contributed by atoms with Crippen LogP contribution in [0, 0.1) is 0 Å². The van der Waals surface area contributed by atoms with Crippen LogP contribution in [-0.2, 0) is 0 Å². The second-order valence-corrected chi connectivity index (χ2v) is 5.97. The summed E-state index contributed by atoms with van der Waals surface area (Å²) in [5.74, 6) is 0.722. The van der Waals surface area contributed by atoms with Gasteiger partial charge < -0.3 is 14.7 Å². The van der Waals surface area contributed by atoms with E-state index in [0.29, 0.717) is 17.0 Å². The second-order valence-electron chi connectivity index (χ2n) is 5.97. The Morgan fingerprint density at radius 1 is 1.20 bits per heavy atom. The molecule has 2 N–H and O–H groups in total. The third-order valence-corrected chi connectivity index (χ3v) is 4.57. The van der Waals surface area contributed by atoms with Crippen molar-refractivity contribution in [1.82, 2.24) is 15.1 Å². The van der Waals surface area contributed by atoms with Crippen molar-refractivity contribution in [3.8, 4) is 22.8 Å². The number of para-hydroxylation sites is 1. The number of ether oxygens (including phenoxy) is 1. The van der Waals surface area contributed by atoms with Crippen LogP contribution in [0.3, 0.4) is 0 Å². The summed E-state index contributed by atoms with van der Waals surface area (Å²) in [4.78, 5) is 14.3. The zero-order chi connectivity index (χ0) is 17.6. The number of fused-ring (bicyclic) bond motifs is 1. The summed E-state index contributed by atoms with van der Waals surface area (Å²) in [6.45, 7) is 0. The number of phenolic OH excluding ortho intramolecular Hbond substituents is 1.